The van der Waals surface area contributed by atoms with Gasteiger partial charge >= 0.3 is 0 Å². The molecule has 0 spiro atoms. The van der Waals surface area contributed by atoms with Gasteiger partial charge in [-0.15, -0.1) is 0 Å². The van der Waals surface area contributed by atoms with Gasteiger partial charge in [-0.1, -0.05) is 0 Å². The second-order valence-electron chi connectivity index (χ2n) is 1.36. The number of nitrogens with one attached hydrogen (secondary N) is 1. The molecular weight excluding hydrogens is 90.1 g/mol. The third-order valence-electron chi connectivity index (χ3n) is 0.780. The molecule has 2 heteroatoms. The van der Waals surface area contributed by atoms with Crippen LogP contribution in [0.4, 0.5) is 0 Å². The normalized spacial score (nSPS) is 20.6. The molecule has 1 aliphatic rings. The smallest absolute Gasteiger partial charge is 0.0735 e. The van der Waals surface area contributed by atoms with Gasteiger partial charge in [-0.05, 0) is 0 Å². The molecule has 0 aliphatic carbocycles. The number of hydrogen-bond donors (Lipinski definition) is 1. The first-order valence-electron chi connectivity index (χ1n) is 2.36. The third kappa shape index (κ3) is 1.59. The molecule has 0 unspecified atom stereocenters. The van der Waals surface area contributed by atoms with E-state index in [0.717, 1.165) is 13.2 Å². The zero-order valence-electron chi connectivity index (χ0n) is 4.11. The molecule has 0 saturated heterocycles. The topological polar surface area (TPSA) is 21.3 Å². The van der Waals surface area contributed by atoms with E-state index in [2.05, 4.69) is 11.4 Å². The van der Waals surface area contributed by atoms with Gasteiger partial charge in [0.25, 0.3) is 0 Å². The van der Waals surface area contributed by atoms with Crippen molar-refractivity contribution in [1.29, 1.82) is 0 Å². The maximum atomic E-state index is 4.99. The SMILES string of the molecule is [C]1=CNCCOC1. The molecule has 1 aliphatic heterocycles. The van der Waals surface area contributed by atoms with Crippen LogP contribution >= 0.6 is 0 Å². The molecule has 0 fully saturated rings. The quantitative estimate of drug-likeness (QED) is 0.457. The van der Waals surface area contributed by atoms with Crippen LogP contribution < -0.4 is 5.32 Å². The number of rotatable bonds is 0. The van der Waals surface area contributed by atoms with E-state index in [0.29, 0.717) is 6.61 Å². The van der Waals surface area contributed by atoms with Crippen LogP contribution in [-0.2, 0) is 4.74 Å². The second-order valence-corrected chi connectivity index (χ2v) is 1.36. The van der Waals surface area contributed by atoms with Gasteiger partial charge in [-0.3, -0.25) is 0 Å². The first-order chi connectivity index (χ1) is 3.50. The van der Waals surface area contributed by atoms with Crippen molar-refractivity contribution in [2.75, 3.05) is 19.8 Å². The molecule has 0 bridgehead atoms. The first-order valence-corrected chi connectivity index (χ1v) is 2.36. The molecule has 0 saturated carbocycles. The molecule has 2 nitrogen and oxygen atoms in total. The molecule has 1 N–H and O–H groups in total. The summed E-state index contributed by atoms with van der Waals surface area (Å²) in [5, 5.41) is 2.99. The molecule has 1 rings (SSSR count). The van der Waals surface area contributed by atoms with Crippen molar-refractivity contribution in [2.45, 2.75) is 0 Å². The van der Waals surface area contributed by atoms with Gasteiger partial charge in [0, 0.05) is 18.8 Å². The monoisotopic (exact) mass is 98.1 g/mol. The van der Waals surface area contributed by atoms with Crippen molar-refractivity contribution in [3.63, 3.8) is 0 Å². The highest BCUT2D eigenvalue weighted by atomic mass is 16.5. The second kappa shape index (κ2) is 2.64. The van der Waals surface area contributed by atoms with Gasteiger partial charge in [0.15, 0.2) is 0 Å². The lowest BCUT2D eigenvalue weighted by Crippen LogP contribution is -2.09. The Kier molecular flexibility index (Phi) is 1.75. The summed E-state index contributed by atoms with van der Waals surface area (Å²) in [5.74, 6) is 0. The van der Waals surface area contributed by atoms with Crippen LogP contribution in [0.5, 0.6) is 0 Å². The fourth-order valence-electron chi connectivity index (χ4n) is 0.448. The Morgan fingerprint density at radius 1 is 1.71 bits per heavy atom. The Bertz CT molecular complexity index is 62.5. The predicted octanol–water partition coefficient (Wildman–Crippen LogP) is -0.0769. The summed E-state index contributed by atoms with van der Waals surface area (Å²) in [5.41, 5.74) is 0. The highest BCUT2D eigenvalue weighted by Gasteiger charge is 1.86. The van der Waals surface area contributed by atoms with Crippen LogP contribution in [0.2, 0.25) is 0 Å². The minimum absolute atomic E-state index is 0.632. The Hall–Kier alpha value is -0.500. The molecule has 0 aromatic carbocycles. The lowest BCUT2D eigenvalue weighted by molar-refractivity contribution is 0.168. The molecule has 1 heterocycles. The van der Waals surface area contributed by atoms with Crippen molar-refractivity contribution in [3.8, 4) is 0 Å². The van der Waals surface area contributed by atoms with Crippen LogP contribution in [0.25, 0.3) is 0 Å². The van der Waals surface area contributed by atoms with Crippen LogP contribution in [-0.4, -0.2) is 19.8 Å². The van der Waals surface area contributed by atoms with Crippen molar-refractivity contribution in [2.24, 2.45) is 0 Å². The molecule has 1 radical (unpaired) electrons. The van der Waals surface area contributed by atoms with E-state index in [-0.39, 0.29) is 0 Å². The standard InChI is InChI=1S/C5H8NO/c1-2-6-3-5-7-4-1/h2,6H,3-5H2. The maximum Gasteiger partial charge on any atom is 0.0735 e. The minimum Gasteiger partial charge on any atom is -0.388 e. The average Bonchev–Trinajstić information content (AvgIpc) is 1.90. The molecule has 0 aromatic rings. The molecule has 39 valence electrons. The van der Waals surface area contributed by atoms with Crippen molar-refractivity contribution in [3.05, 3.63) is 12.3 Å². The molecule has 0 atom stereocenters. The average molecular weight is 98.1 g/mol. The van der Waals surface area contributed by atoms with E-state index in [1.807, 2.05) is 0 Å². The van der Waals surface area contributed by atoms with Crippen molar-refractivity contribution in [1.82, 2.24) is 5.32 Å². The Morgan fingerprint density at radius 2 is 2.71 bits per heavy atom. The van der Waals surface area contributed by atoms with Gasteiger partial charge in [0.05, 0.1) is 13.2 Å². The van der Waals surface area contributed by atoms with Gasteiger partial charge in [0.1, 0.15) is 0 Å². The summed E-state index contributed by atoms with van der Waals surface area (Å²) in [7, 11) is 0. The third-order valence-corrected chi connectivity index (χ3v) is 0.780. The van der Waals surface area contributed by atoms with Gasteiger partial charge < -0.3 is 10.1 Å². The van der Waals surface area contributed by atoms with Crippen molar-refractivity contribution >= 4 is 0 Å². The van der Waals surface area contributed by atoms with Gasteiger partial charge in [-0.2, -0.15) is 0 Å². The fraction of sp³-hybridized carbons (Fsp3) is 0.600. The Labute approximate surface area is 43.2 Å². The lowest BCUT2D eigenvalue weighted by atomic mass is 10.6. The lowest BCUT2D eigenvalue weighted by Gasteiger charge is -1.92. The molecule has 0 aromatic heterocycles. The van der Waals surface area contributed by atoms with E-state index in [9.17, 15) is 0 Å². The minimum atomic E-state index is 0.632. The van der Waals surface area contributed by atoms with Crippen LogP contribution in [0.3, 0.4) is 0 Å². The number of ether oxygens (including phenoxy) is 1. The van der Waals surface area contributed by atoms with Gasteiger partial charge in [-0.25, -0.2) is 0 Å². The Morgan fingerprint density at radius 3 is 3.71 bits per heavy atom. The van der Waals surface area contributed by atoms with Crippen LogP contribution in [0.1, 0.15) is 0 Å². The predicted molar refractivity (Wildman–Crippen MR) is 26.6 cm³/mol. The first kappa shape index (κ1) is 4.65. The summed E-state index contributed by atoms with van der Waals surface area (Å²) in [6, 6.07) is 0. The zero-order valence-corrected chi connectivity index (χ0v) is 4.11. The van der Waals surface area contributed by atoms with E-state index < -0.39 is 0 Å². The van der Waals surface area contributed by atoms with Gasteiger partial charge in [0.2, 0.25) is 0 Å². The molecule has 7 heavy (non-hydrogen) atoms. The van der Waals surface area contributed by atoms with E-state index in [4.69, 9.17) is 4.74 Å². The largest absolute Gasteiger partial charge is 0.388 e. The highest BCUT2D eigenvalue weighted by molar-refractivity contribution is 4.72. The van der Waals surface area contributed by atoms with Crippen molar-refractivity contribution < 1.29 is 4.74 Å². The van der Waals surface area contributed by atoms with Crippen LogP contribution in [0, 0.1) is 6.08 Å². The van der Waals surface area contributed by atoms with E-state index in [1.54, 1.807) is 6.20 Å². The van der Waals surface area contributed by atoms with Crippen LogP contribution in [0.15, 0.2) is 6.20 Å². The van der Waals surface area contributed by atoms with E-state index in [1.165, 1.54) is 0 Å². The summed E-state index contributed by atoms with van der Waals surface area (Å²) >= 11 is 0. The summed E-state index contributed by atoms with van der Waals surface area (Å²) in [6.45, 7) is 2.34. The maximum absolute atomic E-state index is 4.99. The fourth-order valence-corrected chi connectivity index (χ4v) is 0.448. The molecule has 0 amide bonds. The summed E-state index contributed by atoms with van der Waals surface area (Å²) < 4.78 is 4.99. The summed E-state index contributed by atoms with van der Waals surface area (Å²) in [6.07, 6.45) is 4.69. The van der Waals surface area contributed by atoms with E-state index >= 15 is 0 Å². The highest BCUT2D eigenvalue weighted by Crippen LogP contribution is 1.78. The number of hydrogen-bond acceptors (Lipinski definition) is 2. The molecular formula is C5H8NO. The zero-order chi connectivity index (χ0) is 4.95. The summed E-state index contributed by atoms with van der Waals surface area (Å²) in [4.78, 5) is 0. The Balaban J connectivity index is 2.20.